The highest BCUT2D eigenvalue weighted by atomic mass is 16.5. The molecule has 7 heteroatoms. The summed E-state index contributed by atoms with van der Waals surface area (Å²) in [5.41, 5.74) is 0. The number of rotatable bonds is 2. The highest BCUT2D eigenvalue weighted by molar-refractivity contribution is 5.88. The number of amides is 2. The van der Waals surface area contributed by atoms with E-state index in [4.69, 9.17) is 4.52 Å². The number of aromatic nitrogens is 3. The lowest BCUT2D eigenvalue weighted by Gasteiger charge is -2.30. The van der Waals surface area contributed by atoms with Crippen LogP contribution < -0.4 is 5.32 Å². The van der Waals surface area contributed by atoms with E-state index >= 15 is 0 Å². The van der Waals surface area contributed by atoms with Crippen LogP contribution >= 0.6 is 0 Å². The lowest BCUT2D eigenvalue weighted by Crippen LogP contribution is -2.41. The molecule has 21 heavy (non-hydrogen) atoms. The maximum absolute atomic E-state index is 12.3. The zero-order chi connectivity index (χ0) is 14.7. The molecule has 2 aromatic rings. The molecule has 0 saturated carbocycles. The monoisotopic (exact) mass is 287 g/mol. The maximum atomic E-state index is 12.3. The van der Waals surface area contributed by atoms with Crippen LogP contribution in [0.1, 0.15) is 30.5 Å². The molecule has 1 unspecified atom stereocenters. The average Bonchev–Trinajstić information content (AvgIpc) is 2.95. The van der Waals surface area contributed by atoms with E-state index in [9.17, 15) is 4.79 Å². The molecule has 1 fully saturated rings. The Labute approximate surface area is 122 Å². The lowest BCUT2D eigenvalue weighted by atomic mass is 9.98. The number of pyridine rings is 1. The van der Waals surface area contributed by atoms with Gasteiger partial charge >= 0.3 is 6.03 Å². The van der Waals surface area contributed by atoms with Gasteiger partial charge in [0.25, 0.3) is 0 Å². The largest absolute Gasteiger partial charge is 0.339 e. The lowest BCUT2D eigenvalue weighted by molar-refractivity contribution is 0.184. The first-order chi connectivity index (χ1) is 10.2. The molecule has 1 aliphatic heterocycles. The van der Waals surface area contributed by atoms with E-state index < -0.39 is 0 Å². The Balaban J connectivity index is 1.64. The first-order valence-electron chi connectivity index (χ1n) is 6.99. The number of anilines is 1. The molecule has 0 bridgehead atoms. The van der Waals surface area contributed by atoms with E-state index in [1.54, 1.807) is 24.1 Å². The number of likely N-dealkylation sites (tertiary alicyclic amines) is 1. The molecule has 0 radical (unpaired) electrons. The molecule has 0 aliphatic carbocycles. The molecule has 3 heterocycles. The zero-order valence-corrected chi connectivity index (χ0v) is 11.8. The van der Waals surface area contributed by atoms with Crippen molar-refractivity contribution in [1.29, 1.82) is 0 Å². The second-order valence-corrected chi connectivity index (χ2v) is 5.11. The van der Waals surface area contributed by atoms with Gasteiger partial charge in [0.15, 0.2) is 5.82 Å². The number of carbonyl (C=O) groups is 1. The molecule has 1 atom stereocenters. The van der Waals surface area contributed by atoms with Gasteiger partial charge in [-0.25, -0.2) is 9.78 Å². The van der Waals surface area contributed by atoms with E-state index in [1.165, 1.54) is 0 Å². The van der Waals surface area contributed by atoms with Crippen molar-refractivity contribution in [3.63, 3.8) is 0 Å². The van der Waals surface area contributed by atoms with Gasteiger partial charge in [-0.3, -0.25) is 5.32 Å². The Hall–Kier alpha value is -2.44. The van der Waals surface area contributed by atoms with E-state index in [0.717, 1.165) is 19.4 Å². The summed E-state index contributed by atoms with van der Waals surface area (Å²) >= 11 is 0. The summed E-state index contributed by atoms with van der Waals surface area (Å²) in [4.78, 5) is 22.4. The van der Waals surface area contributed by atoms with Crippen LogP contribution in [0, 0.1) is 6.92 Å². The number of urea groups is 1. The average molecular weight is 287 g/mol. The second kappa shape index (κ2) is 5.90. The molecule has 1 aliphatic rings. The summed E-state index contributed by atoms with van der Waals surface area (Å²) in [6, 6.07) is 5.27. The van der Waals surface area contributed by atoms with Crippen LogP contribution in [0.4, 0.5) is 10.6 Å². The van der Waals surface area contributed by atoms with Crippen LogP contribution in [-0.2, 0) is 0 Å². The number of aryl methyl sites for hydroxylation is 1. The number of piperidine rings is 1. The molecule has 1 saturated heterocycles. The van der Waals surface area contributed by atoms with Gasteiger partial charge in [-0.05, 0) is 31.9 Å². The van der Waals surface area contributed by atoms with Crippen LogP contribution in [0.15, 0.2) is 28.9 Å². The second-order valence-electron chi connectivity index (χ2n) is 5.11. The van der Waals surface area contributed by atoms with E-state index in [1.807, 2.05) is 12.1 Å². The number of hydrogen-bond acceptors (Lipinski definition) is 5. The van der Waals surface area contributed by atoms with Crippen LogP contribution in [0.2, 0.25) is 0 Å². The van der Waals surface area contributed by atoms with Crippen molar-refractivity contribution in [3.8, 4) is 0 Å². The Morgan fingerprint density at radius 1 is 1.48 bits per heavy atom. The topological polar surface area (TPSA) is 84.2 Å². The van der Waals surface area contributed by atoms with Gasteiger partial charge in [0.1, 0.15) is 5.82 Å². The summed E-state index contributed by atoms with van der Waals surface area (Å²) < 4.78 is 5.22. The standard InChI is InChI=1S/C14H17N5O2/c1-10-16-13(21-18-10)11-5-4-8-19(9-11)14(20)17-12-6-2-3-7-15-12/h2-3,6-7,11H,4-5,8-9H2,1H3,(H,15,17,20). The van der Waals surface area contributed by atoms with Gasteiger partial charge in [-0.1, -0.05) is 11.2 Å². The SMILES string of the molecule is Cc1noc(C2CCCN(C(=O)Nc3ccccn3)C2)n1. The minimum absolute atomic E-state index is 0.106. The van der Waals surface area contributed by atoms with Crippen molar-refractivity contribution in [1.82, 2.24) is 20.0 Å². The molecular formula is C14H17N5O2. The first-order valence-corrected chi connectivity index (χ1v) is 6.99. The van der Waals surface area contributed by atoms with Crippen LogP contribution in [0.3, 0.4) is 0 Å². The van der Waals surface area contributed by atoms with E-state index in [0.29, 0.717) is 24.1 Å². The third-order valence-corrected chi connectivity index (χ3v) is 3.50. The number of carbonyl (C=O) groups excluding carboxylic acids is 1. The summed E-state index contributed by atoms with van der Waals surface area (Å²) in [6.07, 6.45) is 3.52. The van der Waals surface area contributed by atoms with Crippen LogP contribution in [0.5, 0.6) is 0 Å². The number of nitrogens with one attached hydrogen (secondary N) is 1. The highest BCUT2D eigenvalue weighted by Gasteiger charge is 2.28. The predicted octanol–water partition coefficient (Wildman–Crippen LogP) is 2.18. The minimum atomic E-state index is -0.144. The van der Waals surface area contributed by atoms with Gasteiger partial charge in [0, 0.05) is 19.3 Å². The third-order valence-electron chi connectivity index (χ3n) is 3.50. The maximum Gasteiger partial charge on any atom is 0.323 e. The molecule has 110 valence electrons. The van der Waals surface area contributed by atoms with Gasteiger partial charge in [-0.15, -0.1) is 0 Å². The molecule has 0 aromatic carbocycles. The smallest absolute Gasteiger partial charge is 0.323 e. The van der Waals surface area contributed by atoms with Crippen molar-refractivity contribution in [2.24, 2.45) is 0 Å². The first kappa shape index (κ1) is 13.5. The summed E-state index contributed by atoms with van der Waals surface area (Å²) in [7, 11) is 0. The fraction of sp³-hybridized carbons (Fsp3) is 0.429. The third kappa shape index (κ3) is 3.18. The Kier molecular flexibility index (Phi) is 3.81. The van der Waals surface area contributed by atoms with E-state index in [2.05, 4.69) is 20.4 Å². The highest BCUT2D eigenvalue weighted by Crippen LogP contribution is 2.25. The van der Waals surface area contributed by atoms with Gasteiger partial charge in [0.05, 0.1) is 5.92 Å². The molecule has 7 nitrogen and oxygen atoms in total. The molecule has 2 aromatic heterocycles. The zero-order valence-electron chi connectivity index (χ0n) is 11.8. The fourth-order valence-electron chi connectivity index (χ4n) is 2.47. The minimum Gasteiger partial charge on any atom is -0.339 e. The molecule has 2 amide bonds. The van der Waals surface area contributed by atoms with Crippen molar-refractivity contribution in [3.05, 3.63) is 36.1 Å². The summed E-state index contributed by atoms with van der Waals surface area (Å²) in [5, 5.41) is 6.61. The van der Waals surface area contributed by atoms with Crippen LogP contribution in [-0.4, -0.2) is 39.1 Å². The van der Waals surface area contributed by atoms with Gasteiger partial charge in [-0.2, -0.15) is 4.98 Å². The normalized spacial score (nSPS) is 18.5. The number of nitrogens with zero attached hydrogens (tertiary/aromatic N) is 4. The van der Waals surface area contributed by atoms with Gasteiger partial charge in [0.2, 0.25) is 5.89 Å². The van der Waals surface area contributed by atoms with Crippen molar-refractivity contribution < 1.29 is 9.32 Å². The Morgan fingerprint density at radius 2 is 2.38 bits per heavy atom. The fourth-order valence-corrected chi connectivity index (χ4v) is 2.47. The Bertz CT molecular complexity index is 613. The van der Waals surface area contributed by atoms with E-state index in [-0.39, 0.29) is 11.9 Å². The van der Waals surface area contributed by atoms with Crippen molar-refractivity contribution in [2.45, 2.75) is 25.7 Å². The van der Waals surface area contributed by atoms with Crippen molar-refractivity contribution in [2.75, 3.05) is 18.4 Å². The summed E-state index contributed by atoms with van der Waals surface area (Å²) in [5.74, 6) is 1.90. The van der Waals surface area contributed by atoms with Crippen LogP contribution in [0.25, 0.3) is 0 Å². The quantitative estimate of drug-likeness (QED) is 0.915. The van der Waals surface area contributed by atoms with Gasteiger partial charge < -0.3 is 9.42 Å². The molecule has 0 spiro atoms. The molecule has 1 N–H and O–H groups in total. The molecular weight excluding hydrogens is 270 g/mol. The number of hydrogen-bond donors (Lipinski definition) is 1. The summed E-state index contributed by atoms with van der Waals surface area (Å²) in [6.45, 7) is 3.10. The van der Waals surface area contributed by atoms with Crippen molar-refractivity contribution >= 4 is 11.8 Å². The molecule has 3 rings (SSSR count). The predicted molar refractivity (Wildman–Crippen MR) is 75.8 cm³/mol. The Morgan fingerprint density at radius 3 is 3.10 bits per heavy atom.